The summed E-state index contributed by atoms with van der Waals surface area (Å²) in [5, 5.41) is 3.14. The lowest BCUT2D eigenvalue weighted by atomic mass is 9.95. The van der Waals surface area contributed by atoms with Crippen molar-refractivity contribution in [1.82, 2.24) is 10.2 Å². The van der Waals surface area contributed by atoms with Crippen molar-refractivity contribution < 1.29 is 18.7 Å². The first kappa shape index (κ1) is 18.3. The number of benzene rings is 1. The molecular weight excluding hydrogens is 332 g/mol. The van der Waals surface area contributed by atoms with Crippen LogP contribution in [0.3, 0.4) is 0 Å². The van der Waals surface area contributed by atoms with Gasteiger partial charge in [0.1, 0.15) is 19.0 Å². The monoisotopic (exact) mass is 358 g/mol. The van der Waals surface area contributed by atoms with Gasteiger partial charge in [0, 0.05) is 0 Å². The molecule has 0 spiro atoms. The van der Waals surface area contributed by atoms with Crippen molar-refractivity contribution in [3.05, 3.63) is 47.9 Å². The first-order valence-electron chi connectivity index (χ1n) is 8.93. The Labute approximate surface area is 154 Å². The van der Waals surface area contributed by atoms with E-state index in [-0.39, 0.29) is 17.9 Å². The molecule has 1 amide bonds. The van der Waals surface area contributed by atoms with Crippen LogP contribution >= 0.6 is 0 Å². The minimum atomic E-state index is -0.0876. The van der Waals surface area contributed by atoms with Gasteiger partial charge in [-0.3, -0.25) is 9.69 Å². The number of hydrogen-bond donors (Lipinski definition) is 1. The fourth-order valence-corrected chi connectivity index (χ4v) is 3.08. The Morgan fingerprint density at radius 2 is 1.96 bits per heavy atom. The Balaban J connectivity index is 1.63. The third kappa shape index (κ3) is 4.58. The quantitative estimate of drug-likeness (QED) is 0.824. The van der Waals surface area contributed by atoms with Gasteiger partial charge in [-0.05, 0) is 42.8 Å². The highest BCUT2D eigenvalue weighted by atomic mass is 16.6. The van der Waals surface area contributed by atoms with Crippen LogP contribution in [0.25, 0.3) is 0 Å². The van der Waals surface area contributed by atoms with Gasteiger partial charge in [0.05, 0.1) is 25.4 Å². The molecule has 140 valence electrons. The van der Waals surface area contributed by atoms with Crippen molar-refractivity contribution in [1.29, 1.82) is 0 Å². The van der Waals surface area contributed by atoms with Crippen LogP contribution < -0.4 is 14.8 Å². The van der Waals surface area contributed by atoms with Crippen LogP contribution in [0.15, 0.2) is 41.0 Å². The minimum absolute atomic E-state index is 0.0207. The van der Waals surface area contributed by atoms with Gasteiger partial charge >= 0.3 is 0 Å². The first-order chi connectivity index (χ1) is 12.5. The maximum absolute atomic E-state index is 12.5. The molecular formula is C20H26N2O4. The molecule has 6 nitrogen and oxygen atoms in total. The molecule has 0 fully saturated rings. The van der Waals surface area contributed by atoms with E-state index in [9.17, 15) is 4.79 Å². The number of carbonyl (C=O) groups excluding carboxylic acids is 1. The van der Waals surface area contributed by atoms with Crippen molar-refractivity contribution in [2.75, 3.05) is 26.8 Å². The Bertz CT molecular complexity index is 727. The van der Waals surface area contributed by atoms with Gasteiger partial charge in [0.15, 0.2) is 11.5 Å². The maximum atomic E-state index is 12.5. The molecule has 3 rings (SSSR count). The predicted octanol–water partition coefficient (Wildman–Crippen LogP) is 3.00. The van der Waals surface area contributed by atoms with Crippen LogP contribution in [0.1, 0.15) is 31.2 Å². The topological polar surface area (TPSA) is 63.9 Å². The summed E-state index contributed by atoms with van der Waals surface area (Å²) >= 11 is 0. The fourth-order valence-electron chi connectivity index (χ4n) is 3.08. The van der Waals surface area contributed by atoms with Crippen LogP contribution in [0.2, 0.25) is 0 Å². The second kappa shape index (κ2) is 8.27. The third-order valence-electron chi connectivity index (χ3n) is 4.33. The van der Waals surface area contributed by atoms with E-state index in [2.05, 4.69) is 19.2 Å². The zero-order valence-corrected chi connectivity index (χ0v) is 15.5. The molecule has 1 atom stereocenters. The molecule has 1 N–H and O–H groups in total. The van der Waals surface area contributed by atoms with E-state index >= 15 is 0 Å². The molecule has 0 saturated carbocycles. The summed E-state index contributed by atoms with van der Waals surface area (Å²) in [5.74, 6) is 2.56. The normalized spacial score (nSPS) is 14.5. The van der Waals surface area contributed by atoms with Gasteiger partial charge in [-0.1, -0.05) is 19.9 Å². The number of hydrogen-bond acceptors (Lipinski definition) is 5. The van der Waals surface area contributed by atoms with Gasteiger partial charge < -0.3 is 19.2 Å². The van der Waals surface area contributed by atoms with Crippen LogP contribution in [0.5, 0.6) is 11.5 Å². The van der Waals surface area contributed by atoms with Gasteiger partial charge in [-0.15, -0.1) is 0 Å². The number of nitrogens with one attached hydrogen (secondary N) is 1. The number of furan rings is 1. The number of ether oxygens (including phenoxy) is 2. The first-order valence-corrected chi connectivity index (χ1v) is 8.93. The Hall–Kier alpha value is -2.47. The number of nitrogens with zero attached hydrogens (tertiary/aromatic N) is 1. The van der Waals surface area contributed by atoms with Gasteiger partial charge in [0.25, 0.3) is 0 Å². The van der Waals surface area contributed by atoms with Crippen molar-refractivity contribution in [3.63, 3.8) is 0 Å². The fraction of sp³-hybridized carbons (Fsp3) is 0.450. The van der Waals surface area contributed by atoms with Crippen LogP contribution in [0, 0.1) is 5.92 Å². The van der Waals surface area contributed by atoms with E-state index in [4.69, 9.17) is 13.9 Å². The largest absolute Gasteiger partial charge is 0.486 e. The van der Waals surface area contributed by atoms with Gasteiger partial charge in [-0.2, -0.15) is 0 Å². The summed E-state index contributed by atoms with van der Waals surface area (Å²) in [7, 11) is 1.90. The van der Waals surface area contributed by atoms with E-state index in [1.807, 2.05) is 42.3 Å². The second-order valence-corrected chi connectivity index (χ2v) is 6.94. The van der Waals surface area contributed by atoms with E-state index < -0.39 is 0 Å². The highest BCUT2D eigenvalue weighted by Gasteiger charge is 2.22. The summed E-state index contributed by atoms with van der Waals surface area (Å²) in [6.07, 6.45) is 1.64. The van der Waals surface area contributed by atoms with E-state index in [0.717, 1.165) is 22.8 Å². The Morgan fingerprint density at radius 1 is 1.19 bits per heavy atom. The van der Waals surface area contributed by atoms with Crippen LogP contribution in [0.4, 0.5) is 0 Å². The molecule has 6 heteroatoms. The predicted molar refractivity (Wildman–Crippen MR) is 98.2 cm³/mol. The summed E-state index contributed by atoms with van der Waals surface area (Å²) in [5.41, 5.74) is 1.02. The smallest absolute Gasteiger partial charge is 0.234 e. The molecule has 0 bridgehead atoms. The third-order valence-corrected chi connectivity index (χ3v) is 4.33. The van der Waals surface area contributed by atoms with Crippen molar-refractivity contribution >= 4 is 5.91 Å². The van der Waals surface area contributed by atoms with Gasteiger partial charge in [0.2, 0.25) is 5.91 Å². The van der Waals surface area contributed by atoms with Crippen LogP contribution in [-0.4, -0.2) is 37.6 Å². The van der Waals surface area contributed by atoms with Crippen LogP contribution in [-0.2, 0) is 11.3 Å². The Morgan fingerprint density at radius 3 is 2.65 bits per heavy atom. The number of fused-ring (bicyclic) bond motifs is 1. The second-order valence-electron chi connectivity index (χ2n) is 6.94. The number of amides is 1. The molecule has 0 unspecified atom stereocenters. The number of carbonyl (C=O) groups is 1. The molecule has 1 aromatic carbocycles. The maximum Gasteiger partial charge on any atom is 0.234 e. The zero-order chi connectivity index (χ0) is 18.5. The number of likely N-dealkylation sites (N-methyl/N-ethyl adjacent to an activating group) is 1. The molecule has 1 aliphatic rings. The molecule has 2 heterocycles. The molecule has 1 aliphatic heterocycles. The number of rotatable bonds is 7. The van der Waals surface area contributed by atoms with E-state index in [1.165, 1.54) is 0 Å². The molecule has 0 aliphatic carbocycles. The highest BCUT2D eigenvalue weighted by Crippen LogP contribution is 2.34. The Kier molecular flexibility index (Phi) is 5.83. The average molecular weight is 358 g/mol. The standard InChI is InChI=1S/C20H26N2O4/c1-14(2)20(15-6-7-17-18(11-15)26-10-9-25-17)21-19(23)13-22(3)12-16-5-4-8-24-16/h4-8,11,14,20H,9-10,12-13H2,1-3H3,(H,21,23)/t20-/m1/s1. The van der Waals surface area contributed by atoms with Gasteiger partial charge in [-0.25, -0.2) is 0 Å². The molecule has 0 saturated heterocycles. The van der Waals surface area contributed by atoms with Crippen molar-refractivity contribution in [3.8, 4) is 11.5 Å². The molecule has 2 aromatic rings. The average Bonchev–Trinajstić information content (AvgIpc) is 3.11. The van der Waals surface area contributed by atoms with E-state index in [0.29, 0.717) is 26.3 Å². The van der Waals surface area contributed by atoms with Crippen molar-refractivity contribution in [2.24, 2.45) is 5.92 Å². The summed E-state index contributed by atoms with van der Waals surface area (Å²) < 4.78 is 16.6. The summed E-state index contributed by atoms with van der Waals surface area (Å²) in [6.45, 7) is 6.19. The molecule has 0 radical (unpaired) electrons. The lowest BCUT2D eigenvalue weighted by Crippen LogP contribution is -2.38. The SMILES string of the molecule is CC(C)[C@@H](NC(=O)CN(C)Cc1ccco1)c1ccc2c(c1)OCCO2. The molecule has 26 heavy (non-hydrogen) atoms. The van der Waals surface area contributed by atoms with Crippen molar-refractivity contribution in [2.45, 2.75) is 26.4 Å². The minimum Gasteiger partial charge on any atom is -0.486 e. The van der Waals surface area contributed by atoms with E-state index in [1.54, 1.807) is 6.26 Å². The lowest BCUT2D eigenvalue weighted by molar-refractivity contribution is -0.123. The molecule has 1 aromatic heterocycles. The summed E-state index contributed by atoms with van der Waals surface area (Å²) in [6, 6.07) is 9.53. The zero-order valence-electron chi connectivity index (χ0n) is 15.5. The highest BCUT2D eigenvalue weighted by molar-refractivity contribution is 5.78. The summed E-state index contributed by atoms with van der Waals surface area (Å²) in [4.78, 5) is 14.4. The lowest BCUT2D eigenvalue weighted by Gasteiger charge is -2.26.